The Hall–Kier alpha value is -2.32. The molecule has 0 aromatic heterocycles. The fourth-order valence-electron chi connectivity index (χ4n) is 5.56. The van der Waals surface area contributed by atoms with E-state index in [0.29, 0.717) is 11.3 Å². The lowest BCUT2D eigenvalue weighted by Crippen LogP contribution is -2.37. The van der Waals surface area contributed by atoms with Crippen molar-refractivity contribution in [3.63, 3.8) is 0 Å². The first-order chi connectivity index (χ1) is 16.2. The maximum atomic E-state index is 13.2. The number of Topliss-reactive ketones (excluding diaryl/α,β-unsaturated/α-hetero) is 1. The monoisotopic (exact) mass is 587 g/mol. The Bertz CT molecular complexity index is 1180. The number of rotatable bonds is 5. The average molecular weight is 589 g/mol. The Kier molecular flexibility index (Phi) is 6.01. The minimum absolute atomic E-state index is 0.143. The van der Waals surface area contributed by atoms with Crippen molar-refractivity contribution in [3.8, 4) is 0 Å². The van der Waals surface area contributed by atoms with Gasteiger partial charge in [0.15, 0.2) is 12.4 Å². The number of alkyl halides is 2. The van der Waals surface area contributed by atoms with E-state index in [1.807, 2.05) is 19.9 Å². The van der Waals surface area contributed by atoms with Gasteiger partial charge < -0.3 is 4.74 Å². The molecule has 1 aliphatic heterocycles. The fraction of sp³-hybridized carbons (Fsp3) is 0.385. The van der Waals surface area contributed by atoms with E-state index in [1.54, 1.807) is 24.3 Å². The van der Waals surface area contributed by atoms with E-state index in [1.165, 1.54) is 17.0 Å². The quantitative estimate of drug-likeness (QED) is 0.220. The van der Waals surface area contributed by atoms with Gasteiger partial charge in [0.05, 0.1) is 23.1 Å². The van der Waals surface area contributed by atoms with Gasteiger partial charge in [-0.05, 0) is 73.6 Å². The number of ketones is 1. The second-order valence-electron chi connectivity index (χ2n) is 9.36. The number of ether oxygens (including phenoxy) is 1. The standard InChI is InChI=1S/C26H23Br2NO5/c1-12-3-4-15(9-13(12)2)19(30)11-34-26(33)14-5-7-16(8-6-14)29-24(31)20-17-10-18(21(20)25(29)32)23(28)22(17)27/h3-9,17-18,20-23H,10-11H2,1-2H3/t17-,18+,20-,21+,22-,23+. The zero-order valence-corrected chi connectivity index (χ0v) is 21.8. The summed E-state index contributed by atoms with van der Waals surface area (Å²) in [5, 5.41) is 0. The second kappa shape index (κ2) is 8.72. The van der Waals surface area contributed by atoms with E-state index in [2.05, 4.69) is 31.9 Å². The third-order valence-corrected chi connectivity index (χ3v) is 10.7. The van der Waals surface area contributed by atoms with Crippen molar-refractivity contribution < 1.29 is 23.9 Å². The molecule has 6 atom stereocenters. The van der Waals surface area contributed by atoms with Crippen LogP contribution >= 0.6 is 31.9 Å². The van der Waals surface area contributed by atoms with Crippen molar-refractivity contribution in [1.29, 1.82) is 0 Å². The molecule has 2 aliphatic carbocycles. The summed E-state index contributed by atoms with van der Waals surface area (Å²) in [7, 11) is 0. The van der Waals surface area contributed by atoms with Crippen LogP contribution in [-0.2, 0) is 14.3 Å². The molecule has 34 heavy (non-hydrogen) atoms. The number of anilines is 1. The predicted molar refractivity (Wildman–Crippen MR) is 133 cm³/mol. The number of carbonyl (C=O) groups is 4. The van der Waals surface area contributed by atoms with Crippen molar-refractivity contribution in [2.75, 3.05) is 11.5 Å². The van der Waals surface area contributed by atoms with Gasteiger partial charge in [0.2, 0.25) is 11.8 Å². The molecule has 0 N–H and O–H groups in total. The molecule has 176 valence electrons. The van der Waals surface area contributed by atoms with Crippen LogP contribution in [0.15, 0.2) is 42.5 Å². The summed E-state index contributed by atoms with van der Waals surface area (Å²) in [6.07, 6.45) is 0.873. The van der Waals surface area contributed by atoms with Crippen LogP contribution in [-0.4, -0.2) is 39.8 Å². The number of hydrogen-bond acceptors (Lipinski definition) is 5. The van der Waals surface area contributed by atoms with Gasteiger partial charge >= 0.3 is 5.97 Å². The van der Waals surface area contributed by atoms with Crippen LogP contribution in [0.25, 0.3) is 0 Å². The molecule has 3 fully saturated rings. The first kappa shape index (κ1) is 23.4. The molecule has 6 nitrogen and oxygen atoms in total. The topological polar surface area (TPSA) is 80.8 Å². The molecule has 2 aromatic carbocycles. The molecule has 8 heteroatoms. The number of hydrogen-bond donors (Lipinski definition) is 0. The number of nitrogens with zero attached hydrogens (tertiary/aromatic N) is 1. The van der Waals surface area contributed by atoms with E-state index in [-0.39, 0.29) is 63.1 Å². The van der Waals surface area contributed by atoms with Gasteiger partial charge in [-0.1, -0.05) is 44.0 Å². The van der Waals surface area contributed by atoms with Crippen LogP contribution in [0.2, 0.25) is 0 Å². The zero-order valence-electron chi connectivity index (χ0n) is 18.7. The second-order valence-corrected chi connectivity index (χ2v) is 11.5. The molecule has 0 unspecified atom stereocenters. The Labute approximate surface area is 214 Å². The molecular formula is C26H23Br2NO5. The highest BCUT2D eigenvalue weighted by atomic mass is 79.9. The average Bonchev–Trinajstić information content (AvgIpc) is 3.44. The van der Waals surface area contributed by atoms with Gasteiger partial charge in [0.1, 0.15) is 0 Å². The molecule has 1 heterocycles. The van der Waals surface area contributed by atoms with Gasteiger partial charge in [-0.3, -0.25) is 19.3 Å². The predicted octanol–water partition coefficient (Wildman–Crippen LogP) is 4.63. The van der Waals surface area contributed by atoms with Crippen LogP contribution in [0.1, 0.15) is 38.3 Å². The van der Waals surface area contributed by atoms with Crippen molar-refractivity contribution in [2.45, 2.75) is 29.9 Å². The first-order valence-electron chi connectivity index (χ1n) is 11.2. The summed E-state index contributed by atoms with van der Waals surface area (Å²) in [5.41, 5.74) is 3.27. The number of imide groups is 1. The lowest BCUT2D eigenvalue weighted by atomic mass is 9.81. The minimum atomic E-state index is -0.637. The Morgan fingerprint density at radius 1 is 0.882 bits per heavy atom. The van der Waals surface area contributed by atoms with Gasteiger partial charge in [-0.25, -0.2) is 4.79 Å². The summed E-state index contributed by atoms with van der Waals surface area (Å²) in [6.45, 7) is 3.52. The van der Waals surface area contributed by atoms with Crippen LogP contribution in [0.5, 0.6) is 0 Å². The molecule has 1 saturated heterocycles. The Morgan fingerprint density at radius 3 is 2.00 bits per heavy atom. The number of esters is 1. The normalized spacial score (nSPS) is 29.5. The minimum Gasteiger partial charge on any atom is -0.454 e. The number of fused-ring (bicyclic) bond motifs is 5. The van der Waals surface area contributed by atoms with Crippen molar-refractivity contribution in [1.82, 2.24) is 0 Å². The van der Waals surface area contributed by atoms with E-state index in [4.69, 9.17) is 4.74 Å². The SMILES string of the molecule is Cc1ccc(C(=O)COC(=O)c2ccc(N3C(=O)[C@@H]4[C@H]5C[C@H]([C@H](Br)[C@@H]5Br)[C@@H]4C3=O)cc2)cc1C. The molecule has 0 spiro atoms. The van der Waals surface area contributed by atoms with E-state index >= 15 is 0 Å². The maximum Gasteiger partial charge on any atom is 0.338 e. The summed E-state index contributed by atoms with van der Waals surface area (Å²) in [4.78, 5) is 52.8. The van der Waals surface area contributed by atoms with Crippen LogP contribution < -0.4 is 4.90 Å². The zero-order chi connectivity index (χ0) is 24.3. The van der Waals surface area contributed by atoms with Crippen molar-refractivity contribution >= 4 is 61.1 Å². The molecule has 2 aromatic rings. The lowest BCUT2D eigenvalue weighted by Gasteiger charge is -2.28. The molecule has 2 amide bonds. The van der Waals surface area contributed by atoms with Crippen LogP contribution in [0.3, 0.4) is 0 Å². The number of benzene rings is 2. The summed E-state index contributed by atoms with van der Waals surface area (Å²) in [6, 6.07) is 11.6. The first-order valence-corrected chi connectivity index (χ1v) is 13.1. The lowest BCUT2D eigenvalue weighted by molar-refractivity contribution is -0.123. The van der Waals surface area contributed by atoms with Gasteiger partial charge in [0, 0.05) is 15.2 Å². The van der Waals surface area contributed by atoms with E-state index < -0.39 is 5.97 Å². The number of amides is 2. The molecule has 0 radical (unpaired) electrons. The third kappa shape index (κ3) is 3.66. The van der Waals surface area contributed by atoms with Crippen LogP contribution in [0, 0.1) is 37.5 Å². The third-order valence-electron chi connectivity index (χ3n) is 7.51. The van der Waals surface area contributed by atoms with E-state index in [9.17, 15) is 19.2 Å². The largest absolute Gasteiger partial charge is 0.454 e. The van der Waals surface area contributed by atoms with Crippen molar-refractivity contribution in [2.24, 2.45) is 23.7 Å². The highest BCUT2D eigenvalue weighted by Gasteiger charge is 2.66. The number of halogens is 2. The van der Waals surface area contributed by atoms with Crippen LogP contribution in [0.4, 0.5) is 5.69 Å². The summed E-state index contributed by atoms with van der Waals surface area (Å²) >= 11 is 7.38. The highest BCUT2D eigenvalue weighted by Crippen LogP contribution is 2.60. The highest BCUT2D eigenvalue weighted by molar-refractivity contribution is 9.12. The molecule has 5 rings (SSSR count). The number of carbonyl (C=O) groups excluding carboxylic acids is 4. The summed E-state index contributed by atoms with van der Waals surface area (Å²) < 4.78 is 5.20. The molecular weight excluding hydrogens is 566 g/mol. The molecule has 2 saturated carbocycles. The van der Waals surface area contributed by atoms with Crippen molar-refractivity contribution in [3.05, 3.63) is 64.7 Å². The smallest absolute Gasteiger partial charge is 0.338 e. The van der Waals surface area contributed by atoms with Gasteiger partial charge in [0.25, 0.3) is 0 Å². The number of aryl methyl sites for hydroxylation is 2. The Morgan fingerprint density at radius 2 is 1.44 bits per heavy atom. The fourth-order valence-corrected chi connectivity index (χ4v) is 7.44. The summed E-state index contributed by atoms with van der Waals surface area (Å²) in [5.74, 6) is -1.55. The van der Waals surface area contributed by atoms with Gasteiger partial charge in [-0.15, -0.1) is 0 Å². The van der Waals surface area contributed by atoms with E-state index in [0.717, 1.165) is 17.5 Å². The Balaban J connectivity index is 1.25. The maximum absolute atomic E-state index is 13.2. The molecule has 2 bridgehead atoms. The van der Waals surface area contributed by atoms with Gasteiger partial charge in [-0.2, -0.15) is 0 Å². The molecule has 3 aliphatic rings.